The van der Waals surface area contributed by atoms with Crippen molar-refractivity contribution < 1.29 is 22.7 Å². The van der Waals surface area contributed by atoms with Gasteiger partial charge in [0.2, 0.25) is 5.91 Å². The Balaban J connectivity index is 1.97. The first-order valence-corrected chi connectivity index (χ1v) is 9.28. The molecule has 2 heterocycles. The number of carbonyl (C=O) groups is 1. The maximum atomic E-state index is 13.1. The highest BCUT2D eigenvalue weighted by molar-refractivity contribution is 7.17. The Hall–Kier alpha value is -2.92. The summed E-state index contributed by atoms with van der Waals surface area (Å²) in [7, 11) is 1.42. The smallest absolute Gasteiger partial charge is 0.383 e. The number of rotatable bonds is 6. The van der Waals surface area contributed by atoms with Gasteiger partial charge in [-0.25, -0.2) is 4.79 Å². The molecule has 154 valence electrons. The zero-order valence-electron chi connectivity index (χ0n) is 15.2. The number of aromatic nitrogens is 2. The number of nitrogens with one attached hydrogen (secondary N) is 1. The molecule has 0 fully saturated rings. The first-order chi connectivity index (χ1) is 13.7. The van der Waals surface area contributed by atoms with E-state index in [1.807, 2.05) is 0 Å². The fraction of sp³-hybridized carbons (Fsp3) is 0.278. The Kier molecular flexibility index (Phi) is 5.89. The van der Waals surface area contributed by atoms with Crippen molar-refractivity contribution in [3.63, 3.8) is 0 Å². The molecule has 0 atom stereocenters. The van der Waals surface area contributed by atoms with Gasteiger partial charge in [0.05, 0.1) is 29.9 Å². The van der Waals surface area contributed by atoms with Crippen LogP contribution in [0.3, 0.4) is 0 Å². The molecule has 29 heavy (non-hydrogen) atoms. The number of fused-ring (bicyclic) bond motifs is 1. The molecule has 11 heteroatoms. The number of amides is 1. The van der Waals surface area contributed by atoms with E-state index < -0.39 is 41.1 Å². The number of halogens is 3. The minimum Gasteiger partial charge on any atom is -0.383 e. The van der Waals surface area contributed by atoms with Gasteiger partial charge < -0.3 is 10.1 Å². The number of anilines is 1. The van der Waals surface area contributed by atoms with E-state index in [1.54, 1.807) is 5.38 Å². The molecule has 3 aromatic rings. The van der Waals surface area contributed by atoms with Gasteiger partial charge in [-0.2, -0.15) is 13.2 Å². The molecule has 1 amide bonds. The van der Waals surface area contributed by atoms with Crippen molar-refractivity contribution >= 4 is 33.1 Å². The fourth-order valence-electron chi connectivity index (χ4n) is 2.84. The van der Waals surface area contributed by atoms with E-state index in [4.69, 9.17) is 4.74 Å². The van der Waals surface area contributed by atoms with E-state index in [2.05, 4.69) is 5.32 Å². The van der Waals surface area contributed by atoms with Crippen molar-refractivity contribution in [2.24, 2.45) is 0 Å². The molecule has 0 spiro atoms. The summed E-state index contributed by atoms with van der Waals surface area (Å²) in [6.07, 6.45) is -4.64. The summed E-state index contributed by atoms with van der Waals surface area (Å²) < 4.78 is 46.5. The molecule has 0 saturated heterocycles. The van der Waals surface area contributed by atoms with Gasteiger partial charge in [0.15, 0.2) is 0 Å². The second-order valence-corrected chi connectivity index (χ2v) is 6.96. The van der Waals surface area contributed by atoms with E-state index in [0.29, 0.717) is 0 Å². The lowest BCUT2D eigenvalue weighted by Crippen LogP contribution is -2.42. The number of hydrogen-bond acceptors (Lipinski definition) is 5. The first kappa shape index (κ1) is 20.8. The second kappa shape index (κ2) is 8.21. The minimum atomic E-state index is -4.64. The van der Waals surface area contributed by atoms with Gasteiger partial charge in [-0.1, -0.05) is 12.1 Å². The van der Waals surface area contributed by atoms with Crippen molar-refractivity contribution in [2.75, 3.05) is 19.0 Å². The lowest BCUT2D eigenvalue weighted by Gasteiger charge is -2.15. The summed E-state index contributed by atoms with van der Waals surface area (Å²) in [5.41, 5.74) is -2.40. The van der Waals surface area contributed by atoms with Gasteiger partial charge in [-0.15, -0.1) is 11.3 Å². The van der Waals surface area contributed by atoms with Gasteiger partial charge in [0.1, 0.15) is 11.2 Å². The van der Waals surface area contributed by atoms with Crippen LogP contribution in [0.15, 0.2) is 45.3 Å². The van der Waals surface area contributed by atoms with Crippen molar-refractivity contribution in [3.8, 4) is 0 Å². The summed E-state index contributed by atoms with van der Waals surface area (Å²) >= 11 is 1.11. The van der Waals surface area contributed by atoms with Crippen LogP contribution in [0.25, 0.3) is 10.2 Å². The van der Waals surface area contributed by atoms with E-state index in [-0.39, 0.29) is 23.4 Å². The predicted molar refractivity (Wildman–Crippen MR) is 102 cm³/mol. The summed E-state index contributed by atoms with van der Waals surface area (Å²) in [5.74, 6) is -0.826. The molecule has 0 bridgehead atoms. The number of carbonyl (C=O) groups excluding carboxylic acids is 1. The minimum absolute atomic E-state index is 0.0134. The third kappa shape index (κ3) is 4.25. The van der Waals surface area contributed by atoms with Crippen LogP contribution in [0.1, 0.15) is 5.56 Å². The molecule has 1 N–H and O–H groups in total. The molecule has 0 radical (unpaired) electrons. The topological polar surface area (TPSA) is 82.3 Å². The number of thiophene rings is 1. The monoisotopic (exact) mass is 427 g/mol. The highest BCUT2D eigenvalue weighted by Gasteiger charge is 2.33. The molecule has 0 aliphatic carbocycles. The van der Waals surface area contributed by atoms with Crippen LogP contribution in [0.4, 0.5) is 18.9 Å². The highest BCUT2D eigenvalue weighted by Crippen LogP contribution is 2.34. The lowest BCUT2D eigenvalue weighted by molar-refractivity contribution is -0.137. The van der Waals surface area contributed by atoms with Gasteiger partial charge in [0.25, 0.3) is 5.56 Å². The van der Waals surface area contributed by atoms with Crippen LogP contribution in [-0.2, 0) is 28.8 Å². The molecule has 0 saturated carbocycles. The van der Waals surface area contributed by atoms with Gasteiger partial charge >= 0.3 is 11.9 Å². The number of para-hydroxylation sites is 1. The standard InChI is InChI=1S/C18H16F3N3O4S/c1-28-8-7-23-16(26)15-13(6-9-29-15)24(17(23)27)10-14(25)22-12-5-3-2-4-11(12)18(19,20)21/h2-6,9H,7-8,10H2,1H3,(H,22,25). The average Bonchev–Trinajstić information content (AvgIpc) is 3.15. The van der Waals surface area contributed by atoms with E-state index in [1.165, 1.54) is 25.3 Å². The van der Waals surface area contributed by atoms with Crippen LogP contribution in [0.2, 0.25) is 0 Å². The molecular weight excluding hydrogens is 411 g/mol. The van der Waals surface area contributed by atoms with Crippen LogP contribution in [0, 0.1) is 0 Å². The van der Waals surface area contributed by atoms with Crippen LogP contribution in [0.5, 0.6) is 0 Å². The zero-order valence-corrected chi connectivity index (χ0v) is 16.0. The summed E-state index contributed by atoms with van der Waals surface area (Å²) in [6, 6.07) is 6.07. The molecule has 0 aliphatic heterocycles. The van der Waals surface area contributed by atoms with Crippen molar-refractivity contribution in [1.29, 1.82) is 0 Å². The lowest BCUT2D eigenvalue weighted by atomic mass is 10.1. The molecule has 0 aliphatic rings. The predicted octanol–water partition coefficient (Wildman–Crippen LogP) is 2.53. The van der Waals surface area contributed by atoms with E-state index in [9.17, 15) is 27.6 Å². The van der Waals surface area contributed by atoms with Crippen LogP contribution < -0.4 is 16.6 Å². The van der Waals surface area contributed by atoms with Crippen molar-refractivity contribution in [2.45, 2.75) is 19.3 Å². The third-order valence-corrected chi connectivity index (χ3v) is 5.06. The van der Waals surface area contributed by atoms with Crippen LogP contribution >= 0.6 is 11.3 Å². The Labute approximate surface area is 166 Å². The summed E-state index contributed by atoms with van der Waals surface area (Å²) in [4.78, 5) is 37.7. The van der Waals surface area contributed by atoms with Crippen molar-refractivity contribution in [1.82, 2.24) is 9.13 Å². The molecule has 2 aromatic heterocycles. The Bertz CT molecular complexity index is 1160. The molecule has 3 rings (SSSR count). The third-order valence-electron chi connectivity index (χ3n) is 4.16. The number of hydrogen-bond donors (Lipinski definition) is 1. The van der Waals surface area contributed by atoms with Gasteiger partial charge in [0, 0.05) is 7.11 Å². The van der Waals surface area contributed by atoms with Gasteiger partial charge in [-0.3, -0.25) is 18.7 Å². The summed E-state index contributed by atoms with van der Waals surface area (Å²) in [5, 5.41) is 3.80. The van der Waals surface area contributed by atoms with E-state index in [0.717, 1.165) is 32.6 Å². The molecule has 7 nitrogen and oxygen atoms in total. The second-order valence-electron chi connectivity index (χ2n) is 6.04. The average molecular weight is 427 g/mol. The quantitative estimate of drug-likeness (QED) is 0.656. The SMILES string of the molecule is COCCn1c(=O)c2sccc2n(CC(=O)Nc2ccccc2C(F)(F)F)c1=O. The Morgan fingerprint density at radius 2 is 1.90 bits per heavy atom. The normalized spacial score (nSPS) is 11.7. The number of nitrogens with zero attached hydrogens (tertiary/aromatic N) is 2. The highest BCUT2D eigenvalue weighted by atomic mass is 32.1. The van der Waals surface area contributed by atoms with Gasteiger partial charge in [-0.05, 0) is 23.6 Å². The maximum absolute atomic E-state index is 13.1. The molecule has 0 unspecified atom stereocenters. The number of methoxy groups -OCH3 is 1. The maximum Gasteiger partial charge on any atom is 0.418 e. The molecular formula is C18H16F3N3O4S. The largest absolute Gasteiger partial charge is 0.418 e. The summed E-state index contributed by atoms with van der Waals surface area (Å²) in [6.45, 7) is -0.455. The number of alkyl halides is 3. The first-order valence-electron chi connectivity index (χ1n) is 8.40. The number of ether oxygens (including phenoxy) is 1. The van der Waals surface area contributed by atoms with Crippen molar-refractivity contribution in [3.05, 3.63) is 62.1 Å². The number of benzene rings is 1. The Morgan fingerprint density at radius 1 is 1.17 bits per heavy atom. The zero-order chi connectivity index (χ0) is 21.2. The van der Waals surface area contributed by atoms with Crippen LogP contribution in [-0.4, -0.2) is 28.8 Å². The van der Waals surface area contributed by atoms with E-state index >= 15 is 0 Å². The molecule has 1 aromatic carbocycles. The fourth-order valence-corrected chi connectivity index (χ4v) is 3.68. The Morgan fingerprint density at radius 3 is 2.59 bits per heavy atom.